The molecule has 2 rings (SSSR count). The van der Waals surface area contributed by atoms with Crippen molar-refractivity contribution in [1.82, 2.24) is 9.97 Å². The summed E-state index contributed by atoms with van der Waals surface area (Å²) in [5.41, 5.74) is 12.4. The van der Waals surface area contributed by atoms with Crippen LogP contribution in [0.25, 0.3) is 0 Å². The van der Waals surface area contributed by atoms with Gasteiger partial charge in [0, 0.05) is 16.9 Å². The smallest absolute Gasteiger partial charge is 0.258 e. The molecule has 0 bridgehead atoms. The third-order valence-electron chi connectivity index (χ3n) is 2.56. The summed E-state index contributed by atoms with van der Waals surface area (Å²) < 4.78 is 10.0. The van der Waals surface area contributed by atoms with E-state index in [1.807, 2.05) is 0 Å². The second kappa shape index (κ2) is 5.95. The standard InChI is InChI=1S/C13H15N5O3/c1-20-10-6-11(21-2)17-13(16-10)18-12(19)7-3-8(14)5-9(15)4-7/h3-6H,14-15H2,1-2H3,(H,16,17,18,19). The number of hydrogen-bond acceptors (Lipinski definition) is 7. The first-order valence-electron chi connectivity index (χ1n) is 5.96. The van der Waals surface area contributed by atoms with Crippen LogP contribution >= 0.6 is 0 Å². The lowest BCUT2D eigenvalue weighted by molar-refractivity contribution is 0.102. The molecule has 1 heterocycles. The highest BCUT2D eigenvalue weighted by Crippen LogP contribution is 2.19. The van der Waals surface area contributed by atoms with E-state index in [9.17, 15) is 4.79 Å². The van der Waals surface area contributed by atoms with Crippen molar-refractivity contribution >= 4 is 23.2 Å². The molecule has 0 unspecified atom stereocenters. The molecule has 8 nitrogen and oxygen atoms in total. The largest absolute Gasteiger partial charge is 0.481 e. The number of carbonyl (C=O) groups excluding carboxylic acids is 1. The molecule has 0 saturated heterocycles. The van der Waals surface area contributed by atoms with E-state index in [0.29, 0.717) is 16.9 Å². The summed E-state index contributed by atoms with van der Waals surface area (Å²) in [5.74, 6) is 0.148. The summed E-state index contributed by atoms with van der Waals surface area (Å²) in [5, 5.41) is 2.53. The Kier molecular flexibility index (Phi) is 4.07. The monoisotopic (exact) mass is 289 g/mol. The van der Waals surface area contributed by atoms with Gasteiger partial charge in [-0.25, -0.2) is 0 Å². The predicted octanol–water partition coefficient (Wildman–Crippen LogP) is 0.910. The lowest BCUT2D eigenvalue weighted by Gasteiger charge is -2.08. The molecule has 1 aromatic heterocycles. The number of nitrogens with two attached hydrogens (primary N) is 2. The molecule has 110 valence electrons. The normalized spacial score (nSPS) is 10.0. The van der Waals surface area contributed by atoms with Crippen LogP contribution in [-0.2, 0) is 0 Å². The van der Waals surface area contributed by atoms with Gasteiger partial charge in [-0.3, -0.25) is 10.1 Å². The average Bonchev–Trinajstić information content (AvgIpc) is 2.45. The van der Waals surface area contributed by atoms with Gasteiger partial charge in [-0.2, -0.15) is 9.97 Å². The fourth-order valence-electron chi connectivity index (χ4n) is 1.65. The van der Waals surface area contributed by atoms with E-state index in [2.05, 4.69) is 15.3 Å². The molecule has 0 aliphatic rings. The van der Waals surface area contributed by atoms with Crippen LogP contribution in [0.15, 0.2) is 24.3 Å². The number of anilines is 3. The van der Waals surface area contributed by atoms with Crippen molar-refractivity contribution in [3.05, 3.63) is 29.8 Å². The average molecular weight is 289 g/mol. The SMILES string of the molecule is COc1cc(OC)nc(NC(=O)c2cc(N)cc(N)c2)n1. The van der Waals surface area contributed by atoms with Crippen LogP contribution in [0, 0.1) is 0 Å². The Morgan fingerprint density at radius 3 is 2.00 bits per heavy atom. The molecule has 0 aliphatic heterocycles. The van der Waals surface area contributed by atoms with Crippen LogP contribution in [0.3, 0.4) is 0 Å². The second-order valence-corrected chi connectivity index (χ2v) is 4.12. The maximum absolute atomic E-state index is 12.1. The first kappa shape index (κ1) is 14.4. The number of ether oxygens (including phenoxy) is 2. The highest BCUT2D eigenvalue weighted by molar-refractivity contribution is 6.04. The first-order valence-corrected chi connectivity index (χ1v) is 5.96. The van der Waals surface area contributed by atoms with E-state index in [0.717, 1.165) is 0 Å². The minimum Gasteiger partial charge on any atom is -0.481 e. The van der Waals surface area contributed by atoms with E-state index in [1.165, 1.54) is 32.4 Å². The zero-order chi connectivity index (χ0) is 15.4. The zero-order valence-corrected chi connectivity index (χ0v) is 11.6. The minimum absolute atomic E-state index is 0.0530. The van der Waals surface area contributed by atoms with Crippen molar-refractivity contribution in [3.8, 4) is 11.8 Å². The Labute approximate surface area is 121 Å². The van der Waals surface area contributed by atoms with Crippen LogP contribution in [0.2, 0.25) is 0 Å². The van der Waals surface area contributed by atoms with E-state index >= 15 is 0 Å². The predicted molar refractivity (Wildman–Crippen MR) is 78.4 cm³/mol. The van der Waals surface area contributed by atoms with Crippen molar-refractivity contribution in [2.75, 3.05) is 31.0 Å². The van der Waals surface area contributed by atoms with Gasteiger partial charge >= 0.3 is 0 Å². The molecule has 1 amide bonds. The van der Waals surface area contributed by atoms with Gasteiger partial charge < -0.3 is 20.9 Å². The molecule has 1 aromatic carbocycles. The number of nitrogen functional groups attached to an aromatic ring is 2. The molecule has 2 aromatic rings. The van der Waals surface area contributed by atoms with Gasteiger partial charge in [0.05, 0.1) is 20.3 Å². The van der Waals surface area contributed by atoms with Gasteiger partial charge in [0.15, 0.2) is 0 Å². The molecule has 0 saturated carbocycles. The summed E-state index contributed by atoms with van der Waals surface area (Å²) in [6.45, 7) is 0. The maximum Gasteiger partial charge on any atom is 0.258 e. The number of nitrogens with zero attached hydrogens (tertiary/aromatic N) is 2. The number of aromatic nitrogens is 2. The first-order chi connectivity index (χ1) is 10.0. The summed E-state index contributed by atoms with van der Waals surface area (Å²) >= 11 is 0. The molecule has 5 N–H and O–H groups in total. The fraction of sp³-hybridized carbons (Fsp3) is 0.154. The van der Waals surface area contributed by atoms with Gasteiger partial charge in [0.25, 0.3) is 5.91 Å². The van der Waals surface area contributed by atoms with Gasteiger partial charge in [0.2, 0.25) is 17.7 Å². The topological polar surface area (TPSA) is 125 Å². The number of methoxy groups -OCH3 is 2. The Morgan fingerprint density at radius 1 is 1.00 bits per heavy atom. The van der Waals surface area contributed by atoms with Gasteiger partial charge in [-0.15, -0.1) is 0 Å². The van der Waals surface area contributed by atoms with Crippen molar-refractivity contribution < 1.29 is 14.3 Å². The van der Waals surface area contributed by atoms with Crippen molar-refractivity contribution in [2.45, 2.75) is 0 Å². The van der Waals surface area contributed by atoms with Crippen LogP contribution in [0.5, 0.6) is 11.8 Å². The summed E-state index contributed by atoms with van der Waals surface area (Å²) in [6, 6.07) is 6.06. The molecule has 0 radical (unpaired) electrons. The van der Waals surface area contributed by atoms with Gasteiger partial charge in [0.1, 0.15) is 0 Å². The number of rotatable bonds is 4. The zero-order valence-electron chi connectivity index (χ0n) is 11.6. The van der Waals surface area contributed by atoms with Crippen LogP contribution in [0.1, 0.15) is 10.4 Å². The number of carbonyl (C=O) groups is 1. The lowest BCUT2D eigenvalue weighted by atomic mass is 10.1. The van der Waals surface area contributed by atoms with Crippen LogP contribution < -0.4 is 26.3 Å². The summed E-state index contributed by atoms with van der Waals surface area (Å²) in [6.07, 6.45) is 0. The lowest BCUT2D eigenvalue weighted by Crippen LogP contribution is -2.15. The third kappa shape index (κ3) is 3.50. The molecule has 0 atom stereocenters. The highest BCUT2D eigenvalue weighted by Gasteiger charge is 2.12. The van der Waals surface area contributed by atoms with E-state index < -0.39 is 5.91 Å². The van der Waals surface area contributed by atoms with E-state index in [4.69, 9.17) is 20.9 Å². The van der Waals surface area contributed by atoms with E-state index in [1.54, 1.807) is 6.07 Å². The van der Waals surface area contributed by atoms with E-state index in [-0.39, 0.29) is 17.7 Å². The number of benzene rings is 1. The molecule has 0 spiro atoms. The Hall–Kier alpha value is -3.03. The molecule has 8 heteroatoms. The highest BCUT2D eigenvalue weighted by atomic mass is 16.5. The Morgan fingerprint density at radius 2 is 1.52 bits per heavy atom. The number of nitrogens with one attached hydrogen (secondary N) is 1. The second-order valence-electron chi connectivity index (χ2n) is 4.12. The number of hydrogen-bond donors (Lipinski definition) is 3. The molecular weight excluding hydrogens is 274 g/mol. The quantitative estimate of drug-likeness (QED) is 0.714. The molecule has 0 fully saturated rings. The summed E-state index contributed by atoms with van der Waals surface area (Å²) in [4.78, 5) is 20.1. The van der Waals surface area contributed by atoms with Crippen LogP contribution in [-0.4, -0.2) is 30.1 Å². The van der Waals surface area contributed by atoms with Gasteiger partial charge in [-0.1, -0.05) is 0 Å². The van der Waals surface area contributed by atoms with Crippen molar-refractivity contribution in [2.24, 2.45) is 0 Å². The fourth-order valence-corrected chi connectivity index (χ4v) is 1.65. The van der Waals surface area contributed by atoms with Crippen LogP contribution in [0.4, 0.5) is 17.3 Å². The number of amides is 1. The summed E-state index contributed by atoms with van der Waals surface area (Å²) in [7, 11) is 2.90. The molecule has 0 aliphatic carbocycles. The van der Waals surface area contributed by atoms with Crippen molar-refractivity contribution in [3.63, 3.8) is 0 Å². The Balaban J connectivity index is 2.26. The third-order valence-corrected chi connectivity index (χ3v) is 2.56. The Bertz CT molecular complexity index is 632. The molecule has 21 heavy (non-hydrogen) atoms. The van der Waals surface area contributed by atoms with Gasteiger partial charge in [-0.05, 0) is 18.2 Å². The van der Waals surface area contributed by atoms with Crippen molar-refractivity contribution in [1.29, 1.82) is 0 Å². The maximum atomic E-state index is 12.1. The minimum atomic E-state index is -0.440. The molecular formula is C13H15N5O3.